The number of carbonyl (C=O) groups excluding carboxylic acids is 3. The summed E-state index contributed by atoms with van der Waals surface area (Å²) >= 11 is 0. The van der Waals surface area contributed by atoms with Gasteiger partial charge in [-0.25, -0.2) is 8.78 Å². The Morgan fingerprint density at radius 3 is 2.13 bits per heavy atom. The fourth-order valence-corrected chi connectivity index (χ4v) is 5.98. The highest BCUT2D eigenvalue weighted by molar-refractivity contribution is 6.07. The van der Waals surface area contributed by atoms with E-state index in [0.717, 1.165) is 43.9 Å². The zero-order chi connectivity index (χ0) is 32.8. The van der Waals surface area contributed by atoms with Gasteiger partial charge in [0.2, 0.25) is 0 Å². The first kappa shape index (κ1) is 32.7. The van der Waals surface area contributed by atoms with E-state index in [1.54, 1.807) is 41.3 Å². The second-order valence-electron chi connectivity index (χ2n) is 11.6. The van der Waals surface area contributed by atoms with Crippen molar-refractivity contribution in [3.63, 3.8) is 0 Å². The van der Waals surface area contributed by atoms with Gasteiger partial charge in [0.15, 0.2) is 11.5 Å². The van der Waals surface area contributed by atoms with Crippen LogP contribution in [0.3, 0.4) is 0 Å². The zero-order valence-electron chi connectivity index (χ0n) is 26.0. The number of nitrogens with zero attached hydrogens (tertiary/aromatic N) is 2. The molecule has 10 nitrogen and oxygen atoms in total. The lowest BCUT2D eigenvalue weighted by molar-refractivity contribution is 0.0765. The lowest BCUT2D eigenvalue weighted by Gasteiger charge is -2.28. The number of amides is 3. The van der Waals surface area contributed by atoms with Crippen LogP contribution in [0, 0.1) is 11.6 Å². The van der Waals surface area contributed by atoms with Crippen LogP contribution in [-0.2, 0) is 0 Å². The van der Waals surface area contributed by atoms with Gasteiger partial charge in [0, 0.05) is 61.0 Å². The highest BCUT2D eigenvalue weighted by atomic mass is 19.1. The van der Waals surface area contributed by atoms with Crippen molar-refractivity contribution >= 4 is 29.1 Å². The van der Waals surface area contributed by atoms with Crippen molar-refractivity contribution in [2.24, 2.45) is 5.73 Å². The number of nitrogens with two attached hydrogens (primary N) is 1. The van der Waals surface area contributed by atoms with E-state index in [1.807, 2.05) is 4.90 Å². The van der Waals surface area contributed by atoms with Crippen LogP contribution in [0.2, 0.25) is 0 Å². The monoisotopic (exact) mass is 635 g/mol. The minimum absolute atomic E-state index is 0.0254. The molecule has 12 heteroatoms. The van der Waals surface area contributed by atoms with Crippen LogP contribution >= 0.6 is 0 Å². The van der Waals surface area contributed by atoms with E-state index in [9.17, 15) is 23.2 Å². The summed E-state index contributed by atoms with van der Waals surface area (Å²) in [6.45, 7) is 1.59. The van der Waals surface area contributed by atoms with Crippen molar-refractivity contribution in [1.82, 2.24) is 10.2 Å². The number of anilines is 2. The van der Waals surface area contributed by atoms with E-state index < -0.39 is 23.4 Å². The Hall–Kier alpha value is -4.71. The van der Waals surface area contributed by atoms with E-state index in [0.29, 0.717) is 60.1 Å². The summed E-state index contributed by atoms with van der Waals surface area (Å²) < 4.78 is 38.3. The molecule has 3 aromatic rings. The average molecular weight is 636 g/mol. The Morgan fingerprint density at radius 2 is 1.43 bits per heavy atom. The molecule has 0 aromatic heterocycles. The van der Waals surface area contributed by atoms with Gasteiger partial charge in [0.25, 0.3) is 17.7 Å². The summed E-state index contributed by atoms with van der Waals surface area (Å²) in [4.78, 5) is 43.5. The number of halogens is 2. The minimum Gasteiger partial charge on any atom is -0.493 e. The Morgan fingerprint density at radius 1 is 0.761 bits per heavy atom. The molecule has 1 saturated carbocycles. The van der Waals surface area contributed by atoms with Crippen molar-refractivity contribution in [2.45, 2.75) is 44.2 Å². The largest absolute Gasteiger partial charge is 0.493 e. The van der Waals surface area contributed by atoms with Crippen molar-refractivity contribution in [1.29, 1.82) is 0 Å². The quantitative estimate of drug-likeness (QED) is 0.331. The highest BCUT2D eigenvalue weighted by Crippen LogP contribution is 2.32. The van der Waals surface area contributed by atoms with Gasteiger partial charge in [0.1, 0.15) is 11.6 Å². The van der Waals surface area contributed by atoms with Crippen molar-refractivity contribution < 1.29 is 32.6 Å². The second-order valence-corrected chi connectivity index (χ2v) is 11.6. The van der Waals surface area contributed by atoms with Crippen LogP contribution in [-0.4, -0.2) is 75.1 Å². The van der Waals surface area contributed by atoms with Crippen LogP contribution in [0.4, 0.5) is 20.2 Å². The maximum absolute atomic E-state index is 13.8. The summed E-state index contributed by atoms with van der Waals surface area (Å²) in [6.07, 6.45) is 3.87. The molecule has 3 amide bonds. The van der Waals surface area contributed by atoms with Gasteiger partial charge < -0.3 is 35.6 Å². The SMILES string of the molecule is COc1ccc(C(=O)Nc2cc(C(=O)NC3CCC(N)CC3)ccc2N2CCCN(C(=O)c3cc(F)cc(F)c3)CC2)cc1OC. The standard InChI is InChI=1S/C34H39F2N5O5/c1-45-30-11-5-22(19-31(30)46-2)33(43)39-28-18-21(32(42)38-27-8-6-26(37)7-9-27)4-10-29(28)40-12-3-13-41(15-14-40)34(44)23-16-24(35)20-25(36)17-23/h4-5,10-11,16-20,26-27H,3,6-9,12-15,37H2,1-2H3,(H,38,42)(H,39,43). The van der Waals surface area contributed by atoms with Gasteiger partial charge in [-0.1, -0.05) is 0 Å². The molecule has 1 aliphatic carbocycles. The van der Waals surface area contributed by atoms with E-state index in [4.69, 9.17) is 15.2 Å². The fraction of sp³-hybridized carbons (Fsp3) is 0.382. The number of carbonyl (C=O) groups is 3. The summed E-state index contributed by atoms with van der Waals surface area (Å²) in [6, 6.07) is 13.0. The van der Waals surface area contributed by atoms with Crippen molar-refractivity contribution in [3.8, 4) is 11.5 Å². The third kappa shape index (κ3) is 7.74. The molecule has 3 aromatic carbocycles. The molecule has 0 spiro atoms. The molecule has 0 radical (unpaired) electrons. The molecule has 0 unspecified atom stereocenters. The molecule has 2 fully saturated rings. The summed E-state index contributed by atoms with van der Waals surface area (Å²) in [5, 5.41) is 6.07. The number of hydrogen-bond acceptors (Lipinski definition) is 7. The number of ether oxygens (including phenoxy) is 2. The van der Waals surface area contributed by atoms with Crippen LogP contribution < -0.4 is 30.7 Å². The number of nitrogens with one attached hydrogen (secondary N) is 2. The van der Waals surface area contributed by atoms with Crippen LogP contribution in [0.15, 0.2) is 54.6 Å². The molecule has 0 atom stereocenters. The Kier molecular flexibility index (Phi) is 10.4. The molecule has 4 N–H and O–H groups in total. The van der Waals surface area contributed by atoms with E-state index in [-0.39, 0.29) is 30.1 Å². The van der Waals surface area contributed by atoms with E-state index >= 15 is 0 Å². The molecule has 244 valence electrons. The third-order valence-electron chi connectivity index (χ3n) is 8.49. The van der Waals surface area contributed by atoms with Crippen LogP contribution in [0.1, 0.15) is 63.2 Å². The molecule has 0 bridgehead atoms. The summed E-state index contributed by atoms with van der Waals surface area (Å²) in [5.41, 5.74) is 7.78. The number of methoxy groups -OCH3 is 2. The van der Waals surface area contributed by atoms with Gasteiger partial charge in [-0.15, -0.1) is 0 Å². The predicted octanol–water partition coefficient (Wildman–Crippen LogP) is 4.59. The van der Waals surface area contributed by atoms with E-state index in [2.05, 4.69) is 10.6 Å². The topological polar surface area (TPSA) is 126 Å². The average Bonchev–Trinajstić information content (AvgIpc) is 3.31. The first-order valence-corrected chi connectivity index (χ1v) is 15.4. The van der Waals surface area contributed by atoms with Crippen molar-refractivity contribution in [3.05, 3.63) is 82.9 Å². The lowest BCUT2D eigenvalue weighted by atomic mass is 9.91. The Bertz CT molecular complexity index is 1570. The number of rotatable bonds is 8. The Labute approximate surface area is 266 Å². The van der Waals surface area contributed by atoms with Crippen molar-refractivity contribution in [2.75, 3.05) is 50.6 Å². The van der Waals surface area contributed by atoms with Gasteiger partial charge >= 0.3 is 0 Å². The second kappa shape index (κ2) is 14.6. The lowest BCUT2D eigenvalue weighted by Crippen LogP contribution is -2.40. The van der Waals surface area contributed by atoms with Gasteiger partial charge in [-0.05, 0) is 80.6 Å². The zero-order valence-corrected chi connectivity index (χ0v) is 26.0. The highest BCUT2D eigenvalue weighted by Gasteiger charge is 2.25. The third-order valence-corrected chi connectivity index (χ3v) is 8.49. The molecule has 1 aliphatic heterocycles. The van der Waals surface area contributed by atoms with Gasteiger partial charge in [-0.2, -0.15) is 0 Å². The van der Waals surface area contributed by atoms with Gasteiger partial charge in [-0.3, -0.25) is 14.4 Å². The number of hydrogen-bond donors (Lipinski definition) is 3. The fourth-order valence-electron chi connectivity index (χ4n) is 5.98. The number of benzene rings is 3. The molecule has 5 rings (SSSR count). The molecule has 2 aliphatic rings. The maximum Gasteiger partial charge on any atom is 0.255 e. The molecule has 1 heterocycles. The van der Waals surface area contributed by atoms with Crippen LogP contribution in [0.5, 0.6) is 11.5 Å². The molecular weight excluding hydrogens is 596 g/mol. The normalized spacial score (nSPS) is 18.4. The minimum atomic E-state index is -0.814. The predicted molar refractivity (Wildman–Crippen MR) is 171 cm³/mol. The maximum atomic E-state index is 13.8. The van der Waals surface area contributed by atoms with E-state index in [1.165, 1.54) is 14.2 Å². The first-order valence-electron chi connectivity index (χ1n) is 15.4. The molecule has 46 heavy (non-hydrogen) atoms. The smallest absolute Gasteiger partial charge is 0.255 e. The Balaban J connectivity index is 1.39. The first-order chi connectivity index (χ1) is 22.1. The van der Waals surface area contributed by atoms with Gasteiger partial charge in [0.05, 0.1) is 25.6 Å². The molecule has 1 saturated heterocycles. The summed E-state index contributed by atoms with van der Waals surface area (Å²) in [7, 11) is 2.99. The summed E-state index contributed by atoms with van der Waals surface area (Å²) in [5.74, 6) is -1.88. The molecular formula is C34H39F2N5O5. The van der Waals surface area contributed by atoms with Crippen LogP contribution in [0.25, 0.3) is 0 Å².